The number of carbonyl (C=O) groups is 1. The molecular weight excluding hydrogens is 242 g/mol. The van der Waals surface area contributed by atoms with E-state index in [2.05, 4.69) is 6.92 Å². The van der Waals surface area contributed by atoms with Crippen molar-refractivity contribution in [1.29, 1.82) is 0 Å². The summed E-state index contributed by atoms with van der Waals surface area (Å²) >= 11 is 0. The minimum absolute atomic E-state index is 0.114. The van der Waals surface area contributed by atoms with Gasteiger partial charge >= 0.3 is 6.09 Å². The first-order valence-electron chi connectivity index (χ1n) is 7.44. The summed E-state index contributed by atoms with van der Waals surface area (Å²) in [6.45, 7) is 8.63. The maximum atomic E-state index is 12.3. The SMILES string of the molecule is CC(C)(C)OC(=O)N(CCCO)[C@H]1CC[C@H](C)CC1. The van der Waals surface area contributed by atoms with E-state index in [9.17, 15) is 4.79 Å². The third-order valence-electron chi connectivity index (χ3n) is 3.61. The summed E-state index contributed by atoms with van der Waals surface area (Å²) in [6.07, 6.45) is 4.82. The highest BCUT2D eigenvalue weighted by Gasteiger charge is 2.30. The van der Waals surface area contributed by atoms with Crippen LogP contribution in [0.3, 0.4) is 0 Å². The Morgan fingerprint density at radius 3 is 2.32 bits per heavy atom. The quantitative estimate of drug-likeness (QED) is 0.854. The molecule has 1 N–H and O–H groups in total. The lowest BCUT2D eigenvalue weighted by Crippen LogP contribution is -2.45. The molecule has 0 aliphatic heterocycles. The van der Waals surface area contributed by atoms with Gasteiger partial charge in [-0.15, -0.1) is 0 Å². The van der Waals surface area contributed by atoms with Crippen LogP contribution in [0.2, 0.25) is 0 Å². The third-order valence-corrected chi connectivity index (χ3v) is 3.61. The number of carbonyl (C=O) groups excluding carboxylic acids is 1. The summed E-state index contributed by atoms with van der Waals surface area (Å²) in [5.74, 6) is 0.759. The first-order valence-corrected chi connectivity index (χ1v) is 7.44. The predicted molar refractivity (Wildman–Crippen MR) is 76.1 cm³/mol. The van der Waals surface area contributed by atoms with Gasteiger partial charge in [-0.3, -0.25) is 0 Å². The summed E-state index contributed by atoms with van der Waals surface area (Å²) in [4.78, 5) is 14.1. The fraction of sp³-hybridized carbons (Fsp3) is 0.933. The van der Waals surface area contributed by atoms with Gasteiger partial charge in [-0.1, -0.05) is 6.92 Å². The van der Waals surface area contributed by atoms with E-state index in [-0.39, 0.29) is 18.7 Å². The lowest BCUT2D eigenvalue weighted by molar-refractivity contribution is 0.00941. The monoisotopic (exact) mass is 271 g/mol. The molecule has 0 bridgehead atoms. The van der Waals surface area contributed by atoms with E-state index in [0.717, 1.165) is 18.8 Å². The van der Waals surface area contributed by atoms with Gasteiger partial charge in [0.2, 0.25) is 0 Å². The number of hydrogen-bond donors (Lipinski definition) is 1. The molecule has 1 aliphatic carbocycles. The molecule has 1 saturated carbocycles. The molecule has 4 heteroatoms. The Balaban J connectivity index is 2.62. The third kappa shape index (κ3) is 5.81. The molecule has 0 unspecified atom stereocenters. The normalized spacial score (nSPS) is 24.1. The van der Waals surface area contributed by atoms with Crippen LogP contribution in [0.4, 0.5) is 4.79 Å². The molecule has 1 fully saturated rings. The van der Waals surface area contributed by atoms with Gasteiger partial charge in [0.05, 0.1) is 0 Å². The van der Waals surface area contributed by atoms with Gasteiger partial charge in [-0.05, 0) is 58.8 Å². The van der Waals surface area contributed by atoms with Gasteiger partial charge < -0.3 is 14.7 Å². The predicted octanol–water partition coefficient (Wildman–Crippen LogP) is 3.18. The van der Waals surface area contributed by atoms with Crippen molar-refractivity contribution in [2.45, 2.75) is 71.4 Å². The summed E-state index contributed by atoms with van der Waals surface area (Å²) in [5, 5.41) is 8.99. The highest BCUT2D eigenvalue weighted by molar-refractivity contribution is 5.68. The zero-order valence-electron chi connectivity index (χ0n) is 12.8. The molecule has 0 aromatic heterocycles. The van der Waals surface area contributed by atoms with Crippen molar-refractivity contribution < 1.29 is 14.6 Å². The molecular formula is C15H29NO3. The molecule has 1 amide bonds. The molecule has 1 aliphatic rings. The zero-order valence-corrected chi connectivity index (χ0v) is 12.8. The van der Waals surface area contributed by atoms with Crippen LogP contribution in [-0.2, 0) is 4.74 Å². The average Bonchev–Trinajstić information content (AvgIpc) is 2.29. The molecule has 0 aromatic rings. The van der Waals surface area contributed by atoms with Crippen molar-refractivity contribution in [3.63, 3.8) is 0 Å². The zero-order chi connectivity index (χ0) is 14.5. The summed E-state index contributed by atoms with van der Waals surface area (Å²) < 4.78 is 5.48. The molecule has 0 aromatic carbocycles. The van der Waals surface area contributed by atoms with E-state index < -0.39 is 5.60 Å². The number of aliphatic hydroxyl groups is 1. The fourth-order valence-corrected chi connectivity index (χ4v) is 2.54. The van der Waals surface area contributed by atoms with Crippen LogP contribution >= 0.6 is 0 Å². The van der Waals surface area contributed by atoms with Crippen molar-refractivity contribution in [2.24, 2.45) is 5.92 Å². The average molecular weight is 271 g/mol. The van der Waals surface area contributed by atoms with E-state index in [1.54, 1.807) is 0 Å². The lowest BCUT2D eigenvalue weighted by Gasteiger charge is -2.37. The van der Waals surface area contributed by atoms with Gasteiger partial charge in [-0.2, -0.15) is 0 Å². The maximum absolute atomic E-state index is 12.3. The van der Waals surface area contributed by atoms with Crippen molar-refractivity contribution in [2.75, 3.05) is 13.2 Å². The number of nitrogens with zero attached hydrogens (tertiary/aromatic N) is 1. The molecule has 112 valence electrons. The molecule has 19 heavy (non-hydrogen) atoms. The summed E-state index contributed by atoms with van der Waals surface area (Å²) in [7, 11) is 0. The Bertz CT molecular complexity index is 278. The van der Waals surface area contributed by atoms with Crippen LogP contribution in [0.5, 0.6) is 0 Å². The Labute approximate surface area is 117 Å². The highest BCUT2D eigenvalue weighted by atomic mass is 16.6. The van der Waals surface area contributed by atoms with Crippen LogP contribution in [-0.4, -0.2) is 40.9 Å². The Morgan fingerprint density at radius 1 is 1.26 bits per heavy atom. The molecule has 0 atom stereocenters. The van der Waals surface area contributed by atoms with Gasteiger partial charge in [0.25, 0.3) is 0 Å². The lowest BCUT2D eigenvalue weighted by atomic mass is 9.86. The van der Waals surface area contributed by atoms with Crippen molar-refractivity contribution in [3.05, 3.63) is 0 Å². The number of hydrogen-bond acceptors (Lipinski definition) is 3. The number of amides is 1. The first kappa shape index (κ1) is 16.3. The van der Waals surface area contributed by atoms with E-state index in [1.165, 1.54) is 12.8 Å². The van der Waals surface area contributed by atoms with E-state index in [0.29, 0.717) is 13.0 Å². The molecule has 4 nitrogen and oxygen atoms in total. The van der Waals surface area contributed by atoms with Crippen LogP contribution in [0.25, 0.3) is 0 Å². The van der Waals surface area contributed by atoms with Crippen LogP contribution in [0, 0.1) is 5.92 Å². The van der Waals surface area contributed by atoms with Crippen molar-refractivity contribution in [1.82, 2.24) is 4.90 Å². The van der Waals surface area contributed by atoms with E-state index in [1.807, 2.05) is 25.7 Å². The molecule has 0 heterocycles. The summed E-state index contributed by atoms with van der Waals surface area (Å²) in [5.41, 5.74) is -0.462. The Kier molecular flexibility index (Phi) is 6.11. The van der Waals surface area contributed by atoms with E-state index in [4.69, 9.17) is 9.84 Å². The Hall–Kier alpha value is -0.770. The smallest absolute Gasteiger partial charge is 0.410 e. The molecule has 1 rings (SSSR count). The first-order chi connectivity index (χ1) is 8.83. The van der Waals surface area contributed by atoms with Crippen molar-refractivity contribution >= 4 is 6.09 Å². The minimum atomic E-state index is -0.462. The second kappa shape index (κ2) is 7.13. The van der Waals surface area contributed by atoms with Crippen molar-refractivity contribution in [3.8, 4) is 0 Å². The van der Waals surface area contributed by atoms with Gasteiger partial charge in [0, 0.05) is 19.2 Å². The number of rotatable bonds is 4. The standard InChI is InChI=1S/C15H29NO3/c1-12-6-8-13(9-7-12)16(10-5-11-17)14(18)19-15(2,3)4/h12-13,17H,5-11H2,1-4H3/t12-,13-. The van der Waals surface area contributed by atoms with Gasteiger partial charge in [0.15, 0.2) is 0 Å². The Morgan fingerprint density at radius 2 is 1.84 bits per heavy atom. The van der Waals surface area contributed by atoms with E-state index >= 15 is 0 Å². The number of aliphatic hydroxyl groups excluding tert-OH is 1. The summed E-state index contributed by atoms with van der Waals surface area (Å²) in [6, 6.07) is 0.276. The highest BCUT2D eigenvalue weighted by Crippen LogP contribution is 2.28. The minimum Gasteiger partial charge on any atom is -0.444 e. The topological polar surface area (TPSA) is 49.8 Å². The van der Waals surface area contributed by atoms with Crippen LogP contribution < -0.4 is 0 Å². The largest absolute Gasteiger partial charge is 0.444 e. The maximum Gasteiger partial charge on any atom is 0.410 e. The second-order valence-corrected chi connectivity index (χ2v) is 6.66. The van der Waals surface area contributed by atoms with Gasteiger partial charge in [-0.25, -0.2) is 4.79 Å². The molecule has 0 spiro atoms. The van der Waals surface area contributed by atoms with Crippen LogP contribution in [0.1, 0.15) is 59.8 Å². The fourth-order valence-electron chi connectivity index (χ4n) is 2.54. The van der Waals surface area contributed by atoms with Gasteiger partial charge in [0.1, 0.15) is 5.60 Å². The number of ether oxygens (including phenoxy) is 1. The molecule has 0 saturated heterocycles. The van der Waals surface area contributed by atoms with Crippen LogP contribution in [0.15, 0.2) is 0 Å². The molecule has 0 radical (unpaired) electrons. The second-order valence-electron chi connectivity index (χ2n) is 6.66.